The van der Waals surface area contributed by atoms with E-state index in [9.17, 15) is 9.90 Å². The lowest BCUT2D eigenvalue weighted by molar-refractivity contribution is -0.129. The first-order valence-electron chi connectivity index (χ1n) is 6.25. The Balaban J connectivity index is 1.96. The number of phenolic OH excluding ortho intramolecular Hbond substituents is 1. The molecule has 1 aliphatic heterocycles. The number of hydrogen-bond donors (Lipinski definition) is 1. The first-order valence-corrected chi connectivity index (χ1v) is 6.25. The molecule has 1 aromatic rings. The van der Waals surface area contributed by atoms with E-state index < -0.39 is 0 Å². The third-order valence-electron chi connectivity index (χ3n) is 3.55. The Kier molecular flexibility index (Phi) is 3.67. The molecule has 3 heteroatoms. The molecule has 0 aromatic heterocycles. The maximum Gasteiger partial charge on any atom is 0.227 e. The third-order valence-corrected chi connectivity index (χ3v) is 3.55. The predicted molar refractivity (Wildman–Crippen MR) is 66.8 cm³/mol. The Bertz CT molecular complexity index is 403. The predicted octanol–water partition coefficient (Wildman–Crippen LogP) is 2.19. The van der Waals surface area contributed by atoms with Gasteiger partial charge < -0.3 is 10.0 Å². The van der Waals surface area contributed by atoms with Gasteiger partial charge in [-0.05, 0) is 18.4 Å². The SMILES string of the molecule is CCC1CCN(C(=O)Cc2ccccc2O)C1. The average molecular weight is 233 g/mol. The van der Waals surface area contributed by atoms with Crippen molar-refractivity contribution in [1.82, 2.24) is 4.90 Å². The summed E-state index contributed by atoms with van der Waals surface area (Å²) in [7, 11) is 0. The van der Waals surface area contributed by atoms with E-state index in [2.05, 4.69) is 6.92 Å². The van der Waals surface area contributed by atoms with E-state index in [-0.39, 0.29) is 11.7 Å². The van der Waals surface area contributed by atoms with Crippen LogP contribution in [0.1, 0.15) is 25.3 Å². The number of para-hydroxylation sites is 1. The molecular formula is C14H19NO2. The summed E-state index contributed by atoms with van der Waals surface area (Å²) >= 11 is 0. The standard InChI is InChI=1S/C14H19NO2/c1-2-11-7-8-15(10-11)14(17)9-12-5-3-4-6-13(12)16/h3-6,11,16H,2,7-10H2,1H3. The smallest absolute Gasteiger partial charge is 0.227 e. The number of hydrogen-bond acceptors (Lipinski definition) is 2. The van der Waals surface area contributed by atoms with E-state index in [4.69, 9.17) is 0 Å². The van der Waals surface area contributed by atoms with Gasteiger partial charge in [0.05, 0.1) is 6.42 Å². The van der Waals surface area contributed by atoms with Crippen LogP contribution >= 0.6 is 0 Å². The first kappa shape index (κ1) is 12.0. The maximum absolute atomic E-state index is 12.0. The molecule has 1 aliphatic rings. The molecule has 1 atom stereocenters. The highest BCUT2D eigenvalue weighted by molar-refractivity contribution is 5.79. The average Bonchev–Trinajstić information content (AvgIpc) is 2.81. The van der Waals surface area contributed by atoms with Crippen LogP contribution in [0.15, 0.2) is 24.3 Å². The second-order valence-electron chi connectivity index (χ2n) is 4.71. The van der Waals surface area contributed by atoms with Crippen molar-refractivity contribution in [2.45, 2.75) is 26.2 Å². The fourth-order valence-electron chi connectivity index (χ4n) is 2.33. The van der Waals surface area contributed by atoms with Gasteiger partial charge in [0, 0.05) is 18.7 Å². The fraction of sp³-hybridized carbons (Fsp3) is 0.500. The summed E-state index contributed by atoms with van der Waals surface area (Å²) in [6.45, 7) is 3.91. The number of benzene rings is 1. The molecule has 1 N–H and O–H groups in total. The van der Waals surface area contributed by atoms with Gasteiger partial charge in [0.15, 0.2) is 0 Å². The van der Waals surface area contributed by atoms with Crippen molar-refractivity contribution in [3.63, 3.8) is 0 Å². The minimum atomic E-state index is 0.127. The molecule has 17 heavy (non-hydrogen) atoms. The summed E-state index contributed by atoms with van der Waals surface area (Å²) in [5.74, 6) is 0.998. The van der Waals surface area contributed by atoms with Crippen molar-refractivity contribution in [3.05, 3.63) is 29.8 Å². The highest BCUT2D eigenvalue weighted by Gasteiger charge is 2.25. The molecule has 3 nitrogen and oxygen atoms in total. The van der Waals surface area contributed by atoms with Crippen molar-refractivity contribution in [3.8, 4) is 5.75 Å². The first-order chi connectivity index (χ1) is 8.20. The van der Waals surface area contributed by atoms with Gasteiger partial charge in [-0.25, -0.2) is 0 Å². The van der Waals surface area contributed by atoms with E-state index in [0.29, 0.717) is 12.3 Å². The molecule has 0 bridgehead atoms. The quantitative estimate of drug-likeness (QED) is 0.869. The molecule has 0 spiro atoms. The molecule has 1 aromatic carbocycles. The second kappa shape index (κ2) is 5.21. The van der Waals surface area contributed by atoms with Crippen LogP contribution in [-0.2, 0) is 11.2 Å². The molecule has 1 unspecified atom stereocenters. The minimum absolute atomic E-state index is 0.127. The second-order valence-corrected chi connectivity index (χ2v) is 4.71. The zero-order chi connectivity index (χ0) is 12.3. The molecule has 1 heterocycles. The number of phenols is 1. The molecule has 1 fully saturated rings. The van der Waals surface area contributed by atoms with Gasteiger partial charge in [-0.3, -0.25) is 4.79 Å². The summed E-state index contributed by atoms with van der Waals surface area (Å²) < 4.78 is 0. The van der Waals surface area contributed by atoms with Gasteiger partial charge in [-0.1, -0.05) is 31.5 Å². The van der Waals surface area contributed by atoms with Crippen LogP contribution < -0.4 is 0 Å². The molecule has 1 amide bonds. The van der Waals surface area contributed by atoms with E-state index in [1.54, 1.807) is 18.2 Å². The monoisotopic (exact) mass is 233 g/mol. The molecular weight excluding hydrogens is 214 g/mol. The number of likely N-dealkylation sites (tertiary alicyclic amines) is 1. The normalized spacial score (nSPS) is 19.6. The van der Waals surface area contributed by atoms with Crippen molar-refractivity contribution in [1.29, 1.82) is 0 Å². The Morgan fingerprint density at radius 2 is 2.24 bits per heavy atom. The number of nitrogens with zero attached hydrogens (tertiary/aromatic N) is 1. The van der Waals surface area contributed by atoms with Gasteiger partial charge in [-0.2, -0.15) is 0 Å². The lowest BCUT2D eigenvalue weighted by Crippen LogP contribution is -2.30. The third kappa shape index (κ3) is 2.78. The van der Waals surface area contributed by atoms with Gasteiger partial charge in [-0.15, -0.1) is 0 Å². The Morgan fingerprint density at radius 1 is 1.47 bits per heavy atom. The van der Waals surface area contributed by atoms with Gasteiger partial charge in [0.25, 0.3) is 0 Å². The van der Waals surface area contributed by atoms with Crippen LogP contribution in [0.5, 0.6) is 5.75 Å². The highest BCUT2D eigenvalue weighted by atomic mass is 16.3. The van der Waals surface area contributed by atoms with E-state index in [0.717, 1.165) is 31.5 Å². The van der Waals surface area contributed by atoms with Gasteiger partial charge >= 0.3 is 0 Å². The Labute approximate surface area is 102 Å². The molecule has 0 radical (unpaired) electrons. The zero-order valence-electron chi connectivity index (χ0n) is 10.2. The number of rotatable bonds is 3. The van der Waals surface area contributed by atoms with Crippen LogP contribution in [0, 0.1) is 5.92 Å². The molecule has 2 rings (SSSR count). The van der Waals surface area contributed by atoms with E-state index in [1.165, 1.54) is 0 Å². The molecule has 0 aliphatic carbocycles. The van der Waals surface area contributed by atoms with Crippen LogP contribution in [0.3, 0.4) is 0 Å². The summed E-state index contributed by atoms with van der Waals surface area (Å²) in [6.07, 6.45) is 2.56. The molecule has 1 saturated heterocycles. The highest BCUT2D eigenvalue weighted by Crippen LogP contribution is 2.22. The Hall–Kier alpha value is -1.51. The Morgan fingerprint density at radius 3 is 2.88 bits per heavy atom. The number of amides is 1. The number of carbonyl (C=O) groups is 1. The maximum atomic E-state index is 12.0. The number of aromatic hydroxyl groups is 1. The lowest BCUT2D eigenvalue weighted by Gasteiger charge is -2.16. The van der Waals surface area contributed by atoms with Crippen molar-refractivity contribution < 1.29 is 9.90 Å². The summed E-state index contributed by atoms with van der Waals surface area (Å²) in [6, 6.07) is 7.05. The van der Waals surface area contributed by atoms with Gasteiger partial charge in [0.1, 0.15) is 5.75 Å². The zero-order valence-corrected chi connectivity index (χ0v) is 10.2. The van der Waals surface area contributed by atoms with Crippen molar-refractivity contribution in [2.24, 2.45) is 5.92 Å². The summed E-state index contributed by atoms with van der Waals surface area (Å²) in [5.41, 5.74) is 0.720. The van der Waals surface area contributed by atoms with Crippen molar-refractivity contribution in [2.75, 3.05) is 13.1 Å². The van der Waals surface area contributed by atoms with E-state index >= 15 is 0 Å². The topological polar surface area (TPSA) is 40.5 Å². The van der Waals surface area contributed by atoms with E-state index in [1.807, 2.05) is 11.0 Å². The molecule has 92 valence electrons. The fourth-order valence-corrected chi connectivity index (χ4v) is 2.33. The van der Waals surface area contributed by atoms with Crippen LogP contribution in [-0.4, -0.2) is 29.0 Å². The number of carbonyl (C=O) groups excluding carboxylic acids is 1. The van der Waals surface area contributed by atoms with Gasteiger partial charge in [0.2, 0.25) is 5.91 Å². The summed E-state index contributed by atoms with van der Waals surface area (Å²) in [5, 5.41) is 9.63. The summed E-state index contributed by atoms with van der Waals surface area (Å²) in [4.78, 5) is 14.0. The lowest BCUT2D eigenvalue weighted by atomic mass is 10.1. The van der Waals surface area contributed by atoms with Crippen molar-refractivity contribution >= 4 is 5.91 Å². The largest absolute Gasteiger partial charge is 0.508 e. The minimum Gasteiger partial charge on any atom is -0.508 e. The molecule has 0 saturated carbocycles. The van der Waals surface area contributed by atoms with Crippen LogP contribution in [0.25, 0.3) is 0 Å². The van der Waals surface area contributed by atoms with Crippen LogP contribution in [0.4, 0.5) is 0 Å². The van der Waals surface area contributed by atoms with Crippen LogP contribution in [0.2, 0.25) is 0 Å².